The SMILES string of the molecule is Cc1cc(C(=O)N(Cc2ccccc2)c2ccccc2)nc(NCCC(C)C)n1. The van der Waals surface area contributed by atoms with Gasteiger partial charge in [0, 0.05) is 17.9 Å². The number of nitrogens with one attached hydrogen (secondary N) is 1. The number of carbonyl (C=O) groups is 1. The normalized spacial score (nSPS) is 10.8. The lowest BCUT2D eigenvalue weighted by Crippen LogP contribution is -2.31. The third kappa shape index (κ3) is 5.88. The van der Waals surface area contributed by atoms with Gasteiger partial charge in [0.2, 0.25) is 5.95 Å². The standard InChI is InChI=1S/C24H28N4O/c1-18(2)14-15-25-24-26-19(3)16-22(27-24)23(29)28(21-12-8-5-9-13-21)17-20-10-6-4-7-11-20/h4-13,16,18H,14-15,17H2,1-3H3,(H,25,26,27). The molecule has 150 valence electrons. The molecule has 1 heterocycles. The van der Waals surface area contributed by atoms with Gasteiger partial charge in [0.1, 0.15) is 5.69 Å². The van der Waals surface area contributed by atoms with Crippen LogP contribution >= 0.6 is 0 Å². The zero-order chi connectivity index (χ0) is 20.6. The molecule has 0 spiro atoms. The van der Waals surface area contributed by atoms with Gasteiger partial charge >= 0.3 is 0 Å². The quantitative estimate of drug-likeness (QED) is 0.584. The maximum absolute atomic E-state index is 13.4. The van der Waals surface area contributed by atoms with Crippen molar-refractivity contribution in [2.75, 3.05) is 16.8 Å². The molecule has 1 N–H and O–H groups in total. The number of carbonyl (C=O) groups excluding carboxylic acids is 1. The molecule has 5 heteroatoms. The fourth-order valence-electron chi connectivity index (χ4n) is 3.02. The molecule has 3 rings (SSSR count). The molecule has 29 heavy (non-hydrogen) atoms. The van der Waals surface area contributed by atoms with Crippen LogP contribution in [-0.2, 0) is 6.54 Å². The van der Waals surface area contributed by atoms with Gasteiger partial charge in [0.15, 0.2) is 0 Å². The van der Waals surface area contributed by atoms with Crippen molar-refractivity contribution in [2.24, 2.45) is 5.92 Å². The van der Waals surface area contributed by atoms with Gasteiger partial charge in [0.05, 0.1) is 6.54 Å². The molecule has 0 aliphatic rings. The molecule has 0 bridgehead atoms. The van der Waals surface area contributed by atoms with E-state index in [1.54, 1.807) is 11.0 Å². The summed E-state index contributed by atoms with van der Waals surface area (Å²) in [5.74, 6) is 0.951. The van der Waals surface area contributed by atoms with E-state index >= 15 is 0 Å². The van der Waals surface area contributed by atoms with E-state index in [4.69, 9.17) is 0 Å². The number of rotatable bonds is 8. The van der Waals surface area contributed by atoms with Gasteiger partial charge in [-0.05, 0) is 43.0 Å². The Kier molecular flexibility index (Phi) is 6.95. The highest BCUT2D eigenvalue weighted by Gasteiger charge is 2.20. The summed E-state index contributed by atoms with van der Waals surface area (Å²) < 4.78 is 0. The second-order valence-corrected chi connectivity index (χ2v) is 7.54. The molecule has 1 aromatic heterocycles. The minimum Gasteiger partial charge on any atom is -0.354 e. The van der Waals surface area contributed by atoms with Crippen LogP contribution in [0.2, 0.25) is 0 Å². The fourth-order valence-corrected chi connectivity index (χ4v) is 3.02. The van der Waals surface area contributed by atoms with Gasteiger partial charge < -0.3 is 10.2 Å². The Morgan fingerprint density at radius 1 is 1.00 bits per heavy atom. The first-order valence-electron chi connectivity index (χ1n) is 10.0. The second kappa shape index (κ2) is 9.82. The molecule has 2 aromatic carbocycles. The lowest BCUT2D eigenvalue weighted by atomic mass is 10.1. The second-order valence-electron chi connectivity index (χ2n) is 7.54. The molecule has 0 radical (unpaired) electrons. The van der Waals surface area contributed by atoms with Crippen molar-refractivity contribution in [1.29, 1.82) is 0 Å². The summed E-state index contributed by atoms with van der Waals surface area (Å²) in [6, 6.07) is 21.4. The number of hydrogen-bond acceptors (Lipinski definition) is 4. The van der Waals surface area contributed by atoms with Crippen LogP contribution in [0.15, 0.2) is 66.7 Å². The largest absolute Gasteiger partial charge is 0.354 e. The highest BCUT2D eigenvalue weighted by Crippen LogP contribution is 2.20. The third-order valence-corrected chi connectivity index (χ3v) is 4.57. The maximum atomic E-state index is 13.4. The van der Waals surface area contributed by atoms with Crippen LogP contribution in [0.4, 0.5) is 11.6 Å². The van der Waals surface area contributed by atoms with Gasteiger partial charge in [-0.3, -0.25) is 4.79 Å². The summed E-state index contributed by atoms with van der Waals surface area (Å²) in [5, 5.41) is 3.25. The molecule has 0 saturated carbocycles. The summed E-state index contributed by atoms with van der Waals surface area (Å²) in [6.07, 6.45) is 1.02. The van der Waals surface area contributed by atoms with Crippen molar-refractivity contribution in [1.82, 2.24) is 9.97 Å². The Bertz CT molecular complexity index is 926. The number of aromatic nitrogens is 2. The molecule has 0 aliphatic carbocycles. The van der Waals surface area contributed by atoms with Gasteiger partial charge in [-0.1, -0.05) is 62.4 Å². The van der Waals surface area contributed by atoms with Crippen molar-refractivity contribution < 1.29 is 4.79 Å². The molecular formula is C24H28N4O. The maximum Gasteiger partial charge on any atom is 0.277 e. The predicted octanol–water partition coefficient (Wildman–Crippen LogP) is 5.09. The Morgan fingerprint density at radius 2 is 1.66 bits per heavy atom. The number of amides is 1. The van der Waals surface area contributed by atoms with Crippen LogP contribution in [-0.4, -0.2) is 22.4 Å². The fraction of sp³-hybridized carbons (Fsp3) is 0.292. The van der Waals surface area contributed by atoms with Gasteiger partial charge in [0.25, 0.3) is 5.91 Å². The minimum absolute atomic E-state index is 0.141. The lowest BCUT2D eigenvalue weighted by molar-refractivity contribution is 0.0980. The molecule has 0 unspecified atom stereocenters. The molecule has 0 atom stereocenters. The first kappa shape index (κ1) is 20.5. The Balaban J connectivity index is 1.88. The smallest absolute Gasteiger partial charge is 0.277 e. The van der Waals surface area contributed by atoms with Crippen LogP contribution in [0.25, 0.3) is 0 Å². The van der Waals surface area contributed by atoms with Crippen molar-refractivity contribution in [3.05, 3.63) is 83.7 Å². The van der Waals surface area contributed by atoms with E-state index in [9.17, 15) is 4.79 Å². The Labute approximate surface area is 172 Å². The summed E-state index contributed by atoms with van der Waals surface area (Å²) in [7, 11) is 0. The monoisotopic (exact) mass is 388 g/mol. The average Bonchev–Trinajstić information content (AvgIpc) is 2.72. The molecule has 0 saturated heterocycles. The van der Waals surface area contributed by atoms with Crippen molar-refractivity contribution >= 4 is 17.5 Å². The molecule has 0 fully saturated rings. The molecule has 3 aromatic rings. The Morgan fingerprint density at radius 3 is 2.31 bits per heavy atom. The highest BCUT2D eigenvalue weighted by atomic mass is 16.2. The van der Waals surface area contributed by atoms with E-state index in [2.05, 4.69) is 29.1 Å². The Hall–Kier alpha value is -3.21. The predicted molar refractivity (Wildman–Crippen MR) is 118 cm³/mol. The summed E-state index contributed by atoms with van der Waals surface area (Å²) in [5.41, 5.74) is 3.06. The van der Waals surface area contributed by atoms with Crippen LogP contribution in [0.3, 0.4) is 0 Å². The number of aryl methyl sites for hydroxylation is 1. The van der Waals surface area contributed by atoms with E-state index in [0.717, 1.165) is 29.9 Å². The van der Waals surface area contributed by atoms with E-state index in [-0.39, 0.29) is 5.91 Å². The van der Waals surface area contributed by atoms with E-state index in [0.29, 0.717) is 24.1 Å². The van der Waals surface area contributed by atoms with Crippen LogP contribution < -0.4 is 10.2 Å². The van der Waals surface area contributed by atoms with Crippen LogP contribution in [0.5, 0.6) is 0 Å². The van der Waals surface area contributed by atoms with Gasteiger partial charge in [-0.2, -0.15) is 0 Å². The number of benzene rings is 2. The average molecular weight is 389 g/mol. The minimum atomic E-state index is -0.141. The van der Waals surface area contributed by atoms with Crippen molar-refractivity contribution in [3.63, 3.8) is 0 Å². The number of nitrogens with zero attached hydrogens (tertiary/aromatic N) is 3. The first-order valence-corrected chi connectivity index (χ1v) is 10.0. The number of para-hydroxylation sites is 1. The molecule has 1 amide bonds. The number of anilines is 2. The number of hydrogen-bond donors (Lipinski definition) is 1. The summed E-state index contributed by atoms with van der Waals surface area (Å²) in [4.78, 5) is 24.1. The zero-order valence-corrected chi connectivity index (χ0v) is 17.3. The van der Waals surface area contributed by atoms with Gasteiger partial charge in [-0.15, -0.1) is 0 Å². The molecular weight excluding hydrogens is 360 g/mol. The van der Waals surface area contributed by atoms with Crippen LogP contribution in [0.1, 0.15) is 42.0 Å². The lowest BCUT2D eigenvalue weighted by Gasteiger charge is -2.23. The van der Waals surface area contributed by atoms with Crippen LogP contribution in [0, 0.1) is 12.8 Å². The van der Waals surface area contributed by atoms with E-state index < -0.39 is 0 Å². The topological polar surface area (TPSA) is 58.1 Å². The molecule has 5 nitrogen and oxygen atoms in total. The zero-order valence-electron chi connectivity index (χ0n) is 17.3. The van der Waals surface area contributed by atoms with Crippen molar-refractivity contribution in [3.8, 4) is 0 Å². The van der Waals surface area contributed by atoms with Gasteiger partial charge in [-0.25, -0.2) is 9.97 Å². The van der Waals surface area contributed by atoms with E-state index in [1.165, 1.54) is 0 Å². The third-order valence-electron chi connectivity index (χ3n) is 4.57. The summed E-state index contributed by atoms with van der Waals surface area (Å²) in [6.45, 7) is 7.49. The van der Waals surface area contributed by atoms with Crippen molar-refractivity contribution in [2.45, 2.75) is 33.7 Å². The van der Waals surface area contributed by atoms with E-state index in [1.807, 2.05) is 67.6 Å². The first-order chi connectivity index (χ1) is 14.0. The summed E-state index contributed by atoms with van der Waals surface area (Å²) >= 11 is 0. The molecule has 0 aliphatic heterocycles. The highest BCUT2D eigenvalue weighted by molar-refractivity contribution is 6.04.